The first kappa shape index (κ1) is 38.7. The Hall–Kier alpha value is -3.05. The van der Waals surface area contributed by atoms with Crippen molar-refractivity contribution < 1.29 is 16.8 Å². The molecule has 0 aromatic heterocycles. The van der Waals surface area contributed by atoms with Crippen LogP contribution in [0, 0.1) is 83.1 Å². The normalized spacial score (nSPS) is 11.1. The molecule has 0 unspecified atom stereocenters. The molecule has 6 aromatic rings. The topological polar surface area (TPSA) is 0 Å². The molecule has 3 heteroatoms. The van der Waals surface area contributed by atoms with Gasteiger partial charge in [0.2, 0.25) is 0 Å². The molecule has 0 bridgehead atoms. The van der Waals surface area contributed by atoms with Crippen molar-refractivity contribution in [2.45, 2.75) is 83.1 Å². The van der Waals surface area contributed by atoms with Crippen molar-refractivity contribution in [3.05, 3.63) is 164 Å². The molecule has 0 spiro atoms. The molecule has 6 rings (SSSR count). The molecule has 49 heavy (non-hydrogen) atoms. The first-order valence-corrected chi connectivity index (χ1v) is 19.8. The monoisotopic (exact) mass is 725 g/mol. The fraction of sp³-hybridized carbons (Fsp3) is 0.261. The maximum Gasteiger partial charge on any atom is 2.00 e. The average Bonchev–Trinajstić information content (AvgIpc) is 3.81. The van der Waals surface area contributed by atoms with Gasteiger partial charge in [0.05, 0.1) is 0 Å². The van der Waals surface area contributed by atoms with E-state index in [1.807, 2.05) is 0 Å². The Bertz CT molecular complexity index is 1780. The predicted octanol–water partition coefficient (Wildman–Crippen LogP) is 10.0. The molecule has 0 aliphatic rings. The van der Waals surface area contributed by atoms with Crippen LogP contribution in [0.25, 0.3) is 0 Å². The van der Waals surface area contributed by atoms with Gasteiger partial charge in [0.1, 0.15) is 0 Å². The van der Waals surface area contributed by atoms with Gasteiger partial charge in [-0.25, -0.2) is 24.3 Å². The molecule has 1 radical (unpaired) electrons. The quantitative estimate of drug-likeness (QED) is 0.119. The van der Waals surface area contributed by atoms with Gasteiger partial charge < -0.3 is 0 Å². The third-order valence-electron chi connectivity index (χ3n) is 10.9. The first-order chi connectivity index (χ1) is 22.8. The van der Waals surface area contributed by atoms with Crippen molar-refractivity contribution in [3.63, 3.8) is 0 Å². The summed E-state index contributed by atoms with van der Waals surface area (Å²) < 4.78 is 0. The summed E-state index contributed by atoms with van der Waals surface area (Å²) in [5.41, 5.74) is 17.0. The second kappa shape index (κ2) is 16.3. The number of hydrogen-bond donors (Lipinski definition) is 0. The van der Waals surface area contributed by atoms with Crippen LogP contribution in [0.5, 0.6) is 0 Å². The minimum atomic E-state index is -0.508. The molecule has 255 valence electrons. The van der Waals surface area contributed by atoms with Gasteiger partial charge >= 0.3 is 16.8 Å². The number of hydrogen-bond acceptors (Lipinski definition) is 0. The van der Waals surface area contributed by atoms with Crippen LogP contribution in [0.15, 0.2) is 97.1 Å². The molecular formula is C46H52CoP2. The molecule has 0 heterocycles. The Kier molecular flexibility index (Phi) is 12.9. The molecule has 0 saturated carbocycles. The van der Waals surface area contributed by atoms with Gasteiger partial charge in [-0.3, -0.25) is 0 Å². The van der Waals surface area contributed by atoms with E-state index < -0.39 is 15.8 Å². The summed E-state index contributed by atoms with van der Waals surface area (Å²) in [7, 11) is -1.02. The Morgan fingerprint density at radius 2 is 0.571 bits per heavy atom. The molecule has 0 aliphatic heterocycles. The summed E-state index contributed by atoms with van der Waals surface area (Å²) in [5.74, 6) is 0. The summed E-state index contributed by atoms with van der Waals surface area (Å²) in [6, 6.07) is 36.3. The zero-order valence-corrected chi connectivity index (χ0v) is 34.3. The van der Waals surface area contributed by atoms with Crippen LogP contribution >= 0.6 is 15.8 Å². The number of benzene rings is 4. The molecular weight excluding hydrogens is 673 g/mol. The SMILES string of the molecule is Cc1ccc(P(c2ccc[cH-]2)c2ccc(C)c(C)c2C)c(C)c1C.Cc1ccc(P(c2ccc[cH-]2)c2ccc(C)c(C)c2C)c(C)c1C.[Co+2]. The van der Waals surface area contributed by atoms with E-state index in [-0.39, 0.29) is 16.8 Å². The van der Waals surface area contributed by atoms with Gasteiger partial charge in [-0.1, -0.05) is 48.5 Å². The van der Waals surface area contributed by atoms with Gasteiger partial charge in [0.25, 0.3) is 0 Å². The van der Waals surface area contributed by atoms with Crippen molar-refractivity contribution in [1.29, 1.82) is 0 Å². The van der Waals surface area contributed by atoms with E-state index in [0.29, 0.717) is 0 Å². The molecule has 0 N–H and O–H groups in total. The molecule has 0 fully saturated rings. The zero-order chi connectivity index (χ0) is 34.9. The van der Waals surface area contributed by atoms with E-state index in [1.54, 1.807) is 0 Å². The van der Waals surface area contributed by atoms with E-state index in [4.69, 9.17) is 0 Å². The molecule has 0 nitrogen and oxygen atoms in total. The van der Waals surface area contributed by atoms with E-state index in [9.17, 15) is 0 Å². The Morgan fingerprint density at radius 1 is 0.327 bits per heavy atom. The van der Waals surface area contributed by atoms with Crippen LogP contribution in [-0.2, 0) is 16.8 Å². The Morgan fingerprint density at radius 3 is 0.776 bits per heavy atom. The fourth-order valence-corrected chi connectivity index (χ4v) is 12.1. The van der Waals surface area contributed by atoms with Crippen LogP contribution in [0.3, 0.4) is 0 Å². The smallest absolute Gasteiger partial charge is 0.213 e. The minimum Gasteiger partial charge on any atom is -0.213 e. The van der Waals surface area contributed by atoms with E-state index in [2.05, 4.69) is 180 Å². The third-order valence-corrected chi connectivity index (χ3v) is 16.4. The summed E-state index contributed by atoms with van der Waals surface area (Å²) in [6.07, 6.45) is 0. The largest absolute Gasteiger partial charge is 2.00 e. The molecule has 0 amide bonds. The maximum absolute atomic E-state index is 2.35. The third kappa shape index (κ3) is 7.82. The number of aryl methyl sites for hydroxylation is 4. The van der Waals surface area contributed by atoms with Crippen molar-refractivity contribution in [3.8, 4) is 0 Å². The minimum absolute atomic E-state index is 0. The average molecular weight is 726 g/mol. The van der Waals surface area contributed by atoms with Crippen molar-refractivity contribution in [2.75, 3.05) is 0 Å². The van der Waals surface area contributed by atoms with Crippen molar-refractivity contribution in [2.24, 2.45) is 0 Å². The van der Waals surface area contributed by atoms with Crippen LogP contribution in [0.1, 0.15) is 66.8 Å². The summed E-state index contributed by atoms with van der Waals surface area (Å²) in [4.78, 5) is 0. The number of rotatable bonds is 6. The Balaban J connectivity index is 0.000000216. The molecule has 0 saturated heterocycles. The second-order valence-electron chi connectivity index (χ2n) is 13.6. The van der Waals surface area contributed by atoms with E-state index in [0.717, 1.165) is 0 Å². The van der Waals surface area contributed by atoms with Crippen molar-refractivity contribution >= 4 is 47.7 Å². The van der Waals surface area contributed by atoms with Crippen molar-refractivity contribution in [1.82, 2.24) is 0 Å². The molecule has 6 aromatic carbocycles. The van der Waals surface area contributed by atoms with Crippen LogP contribution in [-0.4, -0.2) is 0 Å². The van der Waals surface area contributed by atoms with Gasteiger partial charge in [-0.15, -0.1) is 10.6 Å². The second-order valence-corrected chi connectivity index (χ2v) is 17.9. The zero-order valence-electron chi connectivity index (χ0n) is 31.5. The summed E-state index contributed by atoms with van der Waals surface area (Å²) in [5, 5.41) is 8.86. The maximum atomic E-state index is 2.35. The van der Waals surface area contributed by atoms with Gasteiger partial charge in [0.15, 0.2) is 0 Å². The molecule has 0 aliphatic carbocycles. The van der Waals surface area contributed by atoms with E-state index >= 15 is 0 Å². The summed E-state index contributed by atoms with van der Waals surface area (Å²) in [6.45, 7) is 27.0. The fourth-order valence-electron chi connectivity index (χ4n) is 6.58. The van der Waals surface area contributed by atoms with E-state index in [1.165, 1.54) is 98.6 Å². The predicted molar refractivity (Wildman–Crippen MR) is 218 cm³/mol. The van der Waals surface area contributed by atoms with Crippen LogP contribution < -0.4 is 31.8 Å². The van der Waals surface area contributed by atoms with Crippen LogP contribution in [0.2, 0.25) is 0 Å². The summed E-state index contributed by atoms with van der Waals surface area (Å²) >= 11 is 0. The first-order valence-electron chi connectivity index (χ1n) is 17.1. The molecule has 0 atom stereocenters. The Labute approximate surface area is 309 Å². The van der Waals surface area contributed by atoms with Crippen LogP contribution in [0.4, 0.5) is 0 Å². The van der Waals surface area contributed by atoms with Gasteiger partial charge in [0, 0.05) is 0 Å². The standard InChI is InChI=1S/2C23H26P.Co/c2*1-15-11-13-22(19(5)17(15)3)24(21-9-7-8-10-21)23-14-12-16(2)18(4)20(23)6;/h2*7-14H,1-6H3;/q2*-1;+2. The van der Waals surface area contributed by atoms with Gasteiger partial charge in [-0.05, 0) is 187 Å². The van der Waals surface area contributed by atoms with Gasteiger partial charge in [-0.2, -0.15) is 24.3 Å².